The van der Waals surface area contributed by atoms with Crippen LogP contribution in [0.1, 0.15) is 31.4 Å². The molecule has 0 radical (unpaired) electrons. The van der Waals surface area contributed by atoms with Crippen LogP contribution >= 0.6 is 0 Å². The molecule has 0 saturated carbocycles. The molecular formula is C16H22N2O. The molecule has 1 aromatic carbocycles. The first kappa shape index (κ1) is 13.8. The lowest BCUT2D eigenvalue weighted by atomic mass is 10.1. The van der Waals surface area contributed by atoms with Gasteiger partial charge in [0.15, 0.2) is 0 Å². The first-order chi connectivity index (χ1) is 9.31. The summed E-state index contributed by atoms with van der Waals surface area (Å²) in [6, 6.07) is 10.3. The summed E-state index contributed by atoms with van der Waals surface area (Å²) < 4.78 is 0. The van der Waals surface area contributed by atoms with Gasteiger partial charge in [-0.25, -0.2) is 0 Å². The zero-order chi connectivity index (χ0) is 13.5. The summed E-state index contributed by atoms with van der Waals surface area (Å²) in [6.07, 6.45) is 4.32. The third kappa shape index (κ3) is 3.93. The van der Waals surface area contributed by atoms with Crippen LogP contribution in [0, 0.1) is 6.92 Å². The molecule has 1 aromatic heterocycles. The molecule has 0 saturated heterocycles. The molecule has 1 heterocycles. The van der Waals surface area contributed by atoms with Crippen LogP contribution < -0.4 is 5.32 Å². The van der Waals surface area contributed by atoms with Crippen molar-refractivity contribution in [2.45, 2.75) is 32.6 Å². The number of aliphatic hydroxyl groups is 1. The molecule has 3 heteroatoms. The SMILES string of the molecule is Cc1cc(NCCCCCCO)c2ccccc2n1. The lowest BCUT2D eigenvalue weighted by molar-refractivity contribution is 0.283. The standard InChI is InChI=1S/C16H22N2O/c1-13-12-16(17-10-6-2-3-7-11-19)14-8-4-5-9-15(14)18-13/h4-5,8-9,12,19H,2-3,6-7,10-11H2,1H3,(H,17,18). The Morgan fingerprint density at radius 3 is 2.74 bits per heavy atom. The molecule has 0 spiro atoms. The molecule has 2 rings (SSSR count). The van der Waals surface area contributed by atoms with E-state index >= 15 is 0 Å². The Balaban J connectivity index is 1.96. The molecule has 0 bridgehead atoms. The zero-order valence-corrected chi connectivity index (χ0v) is 11.5. The van der Waals surface area contributed by atoms with E-state index in [4.69, 9.17) is 5.11 Å². The first-order valence-corrected chi connectivity index (χ1v) is 7.02. The zero-order valence-electron chi connectivity index (χ0n) is 11.5. The van der Waals surface area contributed by atoms with Gasteiger partial charge in [0.25, 0.3) is 0 Å². The van der Waals surface area contributed by atoms with Crippen molar-refractivity contribution in [3.05, 3.63) is 36.0 Å². The van der Waals surface area contributed by atoms with Crippen LogP contribution in [-0.4, -0.2) is 23.2 Å². The number of para-hydroxylation sites is 1. The van der Waals surface area contributed by atoms with Crippen LogP contribution in [0.2, 0.25) is 0 Å². The van der Waals surface area contributed by atoms with Crippen LogP contribution in [0.15, 0.2) is 30.3 Å². The largest absolute Gasteiger partial charge is 0.396 e. The van der Waals surface area contributed by atoms with Crippen molar-refractivity contribution < 1.29 is 5.11 Å². The predicted molar refractivity (Wildman–Crippen MR) is 80.5 cm³/mol. The minimum Gasteiger partial charge on any atom is -0.396 e. The number of aromatic nitrogens is 1. The number of rotatable bonds is 7. The lowest BCUT2D eigenvalue weighted by Gasteiger charge is -2.10. The Morgan fingerprint density at radius 2 is 1.89 bits per heavy atom. The van der Waals surface area contributed by atoms with Crippen molar-refractivity contribution in [2.75, 3.05) is 18.5 Å². The van der Waals surface area contributed by atoms with Crippen LogP contribution in [0.5, 0.6) is 0 Å². The number of benzene rings is 1. The third-order valence-electron chi connectivity index (χ3n) is 3.24. The summed E-state index contributed by atoms with van der Waals surface area (Å²) in [5, 5.41) is 13.4. The number of hydrogen-bond donors (Lipinski definition) is 2. The van der Waals surface area contributed by atoms with E-state index < -0.39 is 0 Å². The highest BCUT2D eigenvalue weighted by molar-refractivity contribution is 5.91. The van der Waals surface area contributed by atoms with Gasteiger partial charge in [-0.1, -0.05) is 31.0 Å². The third-order valence-corrected chi connectivity index (χ3v) is 3.24. The lowest BCUT2D eigenvalue weighted by Crippen LogP contribution is -2.03. The summed E-state index contributed by atoms with van der Waals surface area (Å²) in [4.78, 5) is 4.54. The summed E-state index contributed by atoms with van der Waals surface area (Å²) in [6.45, 7) is 3.30. The van der Waals surface area contributed by atoms with Crippen LogP contribution in [0.25, 0.3) is 10.9 Å². The molecule has 0 aliphatic rings. The van der Waals surface area contributed by atoms with Gasteiger partial charge in [0.2, 0.25) is 0 Å². The Bertz CT molecular complexity index is 525. The van der Waals surface area contributed by atoms with Gasteiger partial charge in [0.1, 0.15) is 0 Å². The van der Waals surface area contributed by atoms with E-state index in [1.807, 2.05) is 19.1 Å². The van der Waals surface area contributed by atoms with Gasteiger partial charge in [-0.2, -0.15) is 0 Å². The Labute approximate surface area is 114 Å². The second kappa shape index (κ2) is 7.10. The average molecular weight is 258 g/mol. The number of pyridine rings is 1. The second-order valence-electron chi connectivity index (χ2n) is 4.89. The molecule has 0 fully saturated rings. The molecule has 19 heavy (non-hydrogen) atoms. The van der Waals surface area contributed by atoms with Gasteiger partial charge in [0.05, 0.1) is 5.52 Å². The maximum Gasteiger partial charge on any atom is 0.0725 e. The molecule has 0 aliphatic heterocycles. The number of aryl methyl sites for hydroxylation is 1. The highest BCUT2D eigenvalue weighted by Crippen LogP contribution is 2.22. The van der Waals surface area contributed by atoms with Gasteiger partial charge in [-0.3, -0.25) is 4.98 Å². The minimum atomic E-state index is 0.307. The number of anilines is 1. The normalized spacial score (nSPS) is 10.8. The monoisotopic (exact) mass is 258 g/mol. The van der Waals surface area contributed by atoms with E-state index in [2.05, 4.69) is 28.5 Å². The Morgan fingerprint density at radius 1 is 1.11 bits per heavy atom. The number of fused-ring (bicyclic) bond motifs is 1. The van der Waals surface area contributed by atoms with Gasteiger partial charge < -0.3 is 10.4 Å². The number of nitrogens with zero attached hydrogens (tertiary/aromatic N) is 1. The van der Waals surface area contributed by atoms with Gasteiger partial charge in [0, 0.05) is 29.9 Å². The van der Waals surface area contributed by atoms with Crippen molar-refractivity contribution in [3.63, 3.8) is 0 Å². The number of nitrogens with one attached hydrogen (secondary N) is 1. The fraction of sp³-hybridized carbons (Fsp3) is 0.438. The number of aliphatic hydroxyl groups excluding tert-OH is 1. The molecule has 2 aromatic rings. The van der Waals surface area contributed by atoms with E-state index in [-0.39, 0.29) is 0 Å². The van der Waals surface area contributed by atoms with Crippen molar-refractivity contribution in [3.8, 4) is 0 Å². The Hall–Kier alpha value is -1.61. The van der Waals surface area contributed by atoms with E-state index in [0.29, 0.717) is 6.61 Å². The summed E-state index contributed by atoms with van der Waals surface area (Å²) in [5.41, 5.74) is 3.26. The molecule has 2 N–H and O–H groups in total. The van der Waals surface area contributed by atoms with Crippen molar-refractivity contribution in [1.82, 2.24) is 4.98 Å². The highest BCUT2D eigenvalue weighted by Gasteiger charge is 2.02. The van der Waals surface area contributed by atoms with Crippen LogP contribution in [0.4, 0.5) is 5.69 Å². The van der Waals surface area contributed by atoms with E-state index in [9.17, 15) is 0 Å². The van der Waals surface area contributed by atoms with Crippen molar-refractivity contribution >= 4 is 16.6 Å². The maximum atomic E-state index is 8.73. The Kier molecular flexibility index (Phi) is 5.16. The summed E-state index contributed by atoms with van der Waals surface area (Å²) in [5.74, 6) is 0. The topological polar surface area (TPSA) is 45.1 Å². The predicted octanol–water partition coefficient (Wildman–Crippen LogP) is 3.51. The molecule has 0 atom stereocenters. The summed E-state index contributed by atoms with van der Waals surface area (Å²) in [7, 11) is 0. The van der Waals surface area contributed by atoms with Gasteiger partial charge >= 0.3 is 0 Å². The number of unbranched alkanes of at least 4 members (excludes halogenated alkanes) is 3. The van der Waals surface area contributed by atoms with Crippen molar-refractivity contribution in [1.29, 1.82) is 0 Å². The highest BCUT2D eigenvalue weighted by atomic mass is 16.2. The molecule has 0 amide bonds. The summed E-state index contributed by atoms with van der Waals surface area (Å²) >= 11 is 0. The fourth-order valence-electron chi connectivity index (χ4n) is 2.27. The molecule has 102 valence electrons. The van der Waals surface area contributed by atoms with Crippen LogP contribution in [0.3, 0.4) is 0 Å². The van der Waals surface area contributed by atoms with E-state index in [0.717, 1.165) is 43.4 Å². The van der Waals surface area contributed by atoms with Crippen molar-refractivity contribution in [2.24, 2.45) is 0 Å². The minimum absolute atomic E-state index is 0.307. The van der Waals surface area contributed by atoms with E-state index in [1.54, 1.807) is 0 Å². The molecular weight excluding hydrogens is 236 g/mol. The molecule has 3 nitrogen and oxygen atoms in total. The maximum absolute atomic E-state index is 8.73. The van der Waals surface area contributed by atoms with Crippen LogP contribution in [-0.2, 0) is 0 Å². The van der Waals surface area contributed by atoms with E-state index in [1.165, 1.54) is 11.1 Å². The number of hydrogen-bond acceptors (Lipinski definition) is 3. The van der Waals surface area contributed by atoms with Gasteiger partial charge in [-0.05, 0) is 31.9 Å². The molecule has 0 aliphatic carbocycles. The molecule has 0 unspecified atom stereocenters. The smallest absolute Gasteiger partial charge is 0.0725 e. The first-order valence-electron chi connectivity index (χ1n) is 7.02. The fourth-order valence-corrected chi connectivity index (χ4v) is 2.27. The van der Waals surface area contributed by atoms with Gasteiger partial charge in [-0.15, -0.1) is 0 Å². The second-order valence-corrected chi connectivity index (χ2v) is 4.89. The quantitative estimate of drug-likeness (QED) is 0.747. The average Bonchev–Trinajstić information content (AvgIpc) is 2.42.